The van der Waals surface area contributed by atoms with Crippen molar-refractivity contribution >= 4 is 29.2 Å². The van der Waals surface area contributed by atoms with Gasteiger partial charge in [-0.25, -0.2) is 4.99 Å². The Bertz CT molecular complexity index is 972. The Kier molecular flexibility index (Phi) is 7.54. The zero-order valence-corrected chi connectivity index (χ0v) is 17.6. The number of carboxylic acids is 1. The van der Waals surface area contributed by atoms with Gasteiger partial charge in [-0.15, -0.1) is 0 Å². The van der Waals surface area contributed by atoms with E-state index in [1.807, 2.05) is 54.6 Å². The Morgan fingerprint density at radius 2 is 1.61 bits per heavy atom. The fourth-order valence-corrected chi connectivity index (χ4v) is 3.58. The molecular formula is C24H27N3O4. The van der Waals surface area contributed by atoms with Crippen molar-refractivity contribution in [3.8, 4) is 0 Å². The number of unbranched alkanes of at least 4 members (excludes halogenated alkanes) is 3. The van der Waals surface area contributed by atoms with Crippen LogP contribution >= 0.6 is 0 Å². The Hall–Kier alpha value is -3.48. The summed E-state index contributed by atoms with van der Waals surface area (Å²) in [7, 11) is 1.69. The van der Waals surface area contributed by atoms with Crippen LogP contribution in [0.1, 0.15) is 49.7 Å². The van der Waals surface area contributed by atoms with E-state index in [2.05, 4.69) is 10.3 Å². The number of carboxylic acid groups (broad SMARTS) is 1. The maximum absolute atomic E-state index is 13.0. The summed E-state index contributed by atoms with van der Waals surface area (Å²) in [6.07, 6.45) is 2.17. The number of fused-ring (bicyclic) bond motifs is 1. The number of carbonyl (C=O) groups is 3. The topological polar surface area (TPSA) is 99.1 Å². The summed E-state index contributed by atoms with van der Waals surface area (Å²) >= 11 is 0. The maximum atomic E-state index is 13.0. The van der Waals surface area contributed by atoms with E-state index in [0.29, 0.717) is 18.6 Å². The lowest BCUT2D eigenvalue weighted by atomic mass is 10.0. The van der Waals surface area contributed by atoms with E-state index in [4.69, 9.17) is 5.11 Å². The summed E-state index contributed by atoms with van der Waals surface area (Å²) in [4.78, 5) is 42.3. The smallest absolute Gasteiger partial charge is 0.303 e. The van der Waals surface area contributed by atoms with Crippen molar-refractivity contribution < 1.29 is 19.5 Å². The molecule has 0 fully saturated rings. The highest BCUT2D eigenvalue weighted by molar-refractivity contribution is 6.20. The van der Waals surface area contributed by atoms with Gasteiger partial charge in [0.1, 0.15) is 0 Å². The summed E-state index contributed by atoms with van der Waals surface area (Å²) in [5.74, 6) is -1.35. The number of benzene rings is 2. The number of para-hydroxylation sites is 1. The highest BCUT2D eigenvalue weighted by Crippen LogP contribution is 2.27. The number of carbonyl (C=O) groups excluding carboxylic acids is 2. The molecule has 0 unspecified atom stereocenters. The highest BCUT2D eigenvalue weighted by Gasteiger charge is 2.30. The second-order valence-electron chi connectivity index (χ2n) is 7.54. The molecule has 0 aliphatic carbocycles. The van der Waals surface area contributed by atoms with Gasteiger partial charge in [0.15, 0.2) is 0 Å². The lowest BCUT2D eigenvalue weighted by molar-refractivity contribution is -0.137. The number of hydrogen-bond donors (Lipinski definition) is 2. The van der Waals surface area contributed by atoms with E-state index >= 15 is 0 Å². The number of hydrogen-bond acceptors (Lipinski definition) is 4. The van der Waals surface area contributed by atoms with Crippen LogP contribution in [-0.4, -0.2) is 41.8 Å². The van der Waals surface area contributed by atoms with Gasteiger partial charge in [0.2, 0.25) is 12.1 Å². The van der Waals surface area contributed by atoms with Gasteiger partial charge >= 0.3 is 5.97 Å². The lowest BCUT2D eigenvalue weighted by Gasteiger charge is -2.20. The largest absolute Gasteiger partial charge is 0.481 e. The molecule has 0 saturated carbocycles. The van der Waals surface area contributed by atoms with Crippen molar-refractivity contribution in [3.05, 3.63) is 65.7 Å². The predicted octanol–water partition coefficient (Wildman–Crippen LogP) is 3.37. The quantitative estimate of drug-likeness (QED) is 0.607. The fourth-order valence-electron chi connectivity index (χ4n) is 3.58. The van der Waals surface area contributed by atoms with Crippen LogP contribution in [0.2, 0.25) is 0 Å². The summed E-state index contributed by atoms with van der Waals surface area (Å²) in [6.45, 7) is 0. The minimum atomic E-state index is -1.01. The summed E-state index contributed by atoms with van der Waals surface area (Å²) in [6, 6.07) is 17.2. The number of aliphatic carboxylic acids is 1. The van der Waals surface area contributed by atoms with Crippen LogP contribution in [-0.2, 0) is 14.4 Å². The molecule has 0 radical (unpaired) electrons. The molecule has 0 bridgehead atoms. The third-order valence-electron chi connectivity index (χ3n) is 5.23. The normalized spacial score (nSPS) is 15.6. The van der Waals surface area contributed by atoms with Crippen molar-refractivity contribution in [2.45, 2.75) is 44.7 Å². The van der Waals surface area contributed by atoms with Gasteiger partial charge in [-0.2, -0.15) is 0 Å². The number of rotatable bonds is 9. The molecule has 1 aliphatic rings. The Labute approximate surface area is 181 Å². The molecule has 7 heteroatoms. The first-order valence-electron chi connectivity index (χ1n) is 10.5. The Balaban J connectivity index is 1.73. The second-order valence-corrected chi connectivity index (χ2v) is 7.54. The number of likely N-dealkylation sites (N-methyl/N-ethyl adjacent to an activating group) is 1. The molecule has 2 amide bonds. The molecule has 2 aromatic carbocycles. The van der Waals surface area contributed by atoms with E-state index < -0.39 is 12.1 Å². The minimum absolute atomic E-state index is 0.145. The molecule has 0 saturated heterocycles. The van der Waals surface area contributed by atoms with Crippen molar-refractivity contribution in [3.63, 3.8) is 0 Å². The average molecular weight is 421 g/mol. The maximum Gasteiger partial charge on any atom is 0.303 e. The van der Waals surface area contributed by atoms with E-state index in [0.717, 1.165) is 29.7 Å². The van der Waals surface area contributed by atoms with Crippen LogP contribution in [0.15, 0.2) is 59.6 Å². The summed E-state index contributed by atoms with van der Waals surface area (Å²) in [5, 5.41) is 11.4. The van der Waals surface area contributed by atoms with Gasteiger partial charge in [0.05, 0.1) is 11.4 Å². The third kappa shape index (κ3) is 5.78. The van der Waals surface area contributed by atoms with Crippen LogP contribution in [0.5, 0.6) is 0 Å². The molecule has 162 valence electrons. The first-order chi connectivity index (χ1) is 15.0. The molecule has 1 aliphatic heterocycles. The van der Waals surface area contributed by atoms with Crippen molar-refractivity contribution in [1.82, 2.24) is 5.32 Å². The van der Waals surface area contributed by atoms with Gasteiger partial charge in [-0.05, 0) is 18.9 Å². The van der Waals surface area contributed by atoms with Crippen LogP contribution in [0.25, 0.3) is 0 Å². The van der Waals surface area contributed by atoms with Gasteiger partial charge in [-0.3, -0.25) is 14.4 Å². The Morgan fingerprint density at radius 3 is 2.32 bits per heavy atom. The number of benzodiazepines with no additional fused rings is 1. The first kappa shape index (κ1) is 22.2. The molecule has 2 N–H and O–H groups in total. The lowest BCUT2D eigenvalue weighted by Crippen LogP contribution is -2.46. The molecule has 0 aromatic heterocycles. The van der Waals surface area contributed by atoms with Gasteiger partial charge in [0, 0.05) is 31.0 Å². The van der Waals surface area contributed by atoms with E-state index in [1.165, 1.54) is 4.90 Å². The average Bonchev–Trinajstić information content (AvgIpc) is 2.87. The number of amides is 2. The molecule has 31 heavy (non-hydrogen) atoms. The minimum Gasteiger partial charge on any atom is -0.481 e. The SMILES string of the molecule is CN1C(=O)[C@@H](NC(=O)CCCCCCC(=O)O)N=C(c2ccccc2)c2ccccc21. The molecular weight excluding hydrogens is 394 g/mol. The highest BCUT2D eigenvalue weighted by atomic mass is 16.4. The predicted molar refractivity (Wildman–Crippen MR) is 119 cm³/mol. The second kappa shape index (κ2) is 10.5. The van der Waals surface area contributed by atoms with Gasteiger partial charge in [0.25, 0.3) is 5.91 Å². The molecule has 7 nitrogen and oxygen atoms in total. The van der Waals surface area contributed by atoms with Crippen LogP contribution in [0.3, 0.4) is 0 Å². The van der Waals surface area contributed by atoms with Crippen LogP contribution < -0.4 is 10.2 Å². The van der Waals surface area contributed by atoms with Crippen molar-refractivity contribution in [2.75, 3.05) is 11.9 Å². The molecule has 1 heterocycles. The summed E-state index contributed by atoms with van der Waals surface area (Å²) < 4.78 is 0. The van der Waals surface area contributed by atoms with Crippen molar-refractivity contribution in [1.29, 1.82) is 0 Å². The number of nitrogens with zero attached hydrogens (tertiary/aromatic N) is 2. The molecule has 3 rings (SSSR count). The molecule has 2 aromatic rings. The monoisotopic (exact) mass is 421 g/mol. The molecule has 1 atom stereocenters. The molecule has 0 spiro atoms. The number of aliphatic imine (C=N–C) groups is 1. The van der Waals surface area contributed by atoms with Crippen LogP contribution in [0, 0.1) is 0 Å². The fraction of sp³-hybridized carbons (Fsp3) is 0.333. The van der Waals surface area contributed by atoms with Gasteiger partial charge < -0.3 is 15.3 Å². The van der Waals surface area contributed by atoms with E-state index in [-0.39, 0.29) is 24.7 Å². The first-order valence-corrected chi connectivity index (χ1v) is 10.5. The van der Waals surface area contributed by atoms with Crippen LogP contribution in [0.4, 0.5) is 5.69 Å². The van der Waals surface area contributed by atoms with E-state index in [1.54, 1.807) is 7.05 Å². The zero-order valence-electron chi connectivity index (χ0n) is 17.6. The van der Waals surface area contributed by atoms with Crippen molar-refractivity contribution in [2.24, 2.45) is 4.99 Å². The summed E-state index contributed by atoms with van der Waals surface area (Å²) in [5.41, 5.74) is 3.11. The number of anilines is 1. The van der Waals surface area contributed by atoms with E-state index in [9.17, 15) is 14.4 Å². The number of nitrogens with one attached hydrogen (secondary N) is 1. The standard InChI is InChI=1S/C24H27N3O4/c1-27-19-14-10-9-13-18(19)22(17-11-5-4-6-12-17)26-23(24(27)31)25-20(28)15-7-2-3-8-16-21(29)30/h4-6,9-14,23H,2-3,7-8,15-16H2,1H3,(H,25,28)(H,29,30)/t23-/m0/s1. The Morgan fingerprint density at radius 1 is 0.968 bits per heavy atom. The van der Waals surface area contributed by atoms with Gasteiger partial charge in [-0.1, -0.05) is 61.4 Å². The third-order valence-corrected chi connectivity index (χ3v) is 5.23. The zero-order chi connectivity index (χ0) is 22.2.